The summed E-state index contributed by atoms with van der Waals surface area (Å²) < 4.78 is 21.0. The standard InChI is InChI=1S/C22H20N2O7/c1-28-17(25)13-31-16-11-9-14(10-12-16)19-18(21(26)29-2)20(22(27)30-3)24(23-19)15-7-5-4-6-8-15/h4-12H,13H2,1-3H3. The van der Waals surface area contributed by atoms with Crippen LogP contribution in [0.15, 0.2) is 54.6 Å². The largest absolute Gasteiger partial charge is 0.482 e. The van der Waals surface area contributed by atoms with Crippen molar-refractivity contribution in [2.45, 2.75) is 0 Å². The van der Waals surface area contributed by atoms with Crippen LogP contribution in [0.3, 0.4) is 0 Å². The Morgan fingerprint density at radius 2 is 1.48 bits per heavy atom. The Labute approximate surface area is 178 Å². The summed E-state index contributed by atoms with van der Waals surface area (Å²) in [5, 5.41) is 4.51. The maximum atomic E-state index is 12.6. The molecule has 0 atom stereocenters. The average molecular weight is 424 g/mol. The lowest BCUT2D eigenvalue weighted by atomic mass is 10.1. The van der Waals surface area contributed by atoms with Crippen molar-refractivity contribution in [3.8, 4) is 22.7 Å². The van der Waals surface area contributed by atoms with Gasteiger partial charge >= 0.3 is 17.9 Å². The second kappa shape index (κ2) is 9.57. The number of benzene rings is 2. The number of aromatic nitrogens is 2. The van der Waals surface area contributed by atoms with E-state index in [-0.39, 0.29) is 23.6 Å². The first-order valence-electron chi connectivity index (χ1n) is 9.15. The van der Waals surface area contributed by atoms with Crippen molar-refractivity contribution in [3.05, 3.63) is 65.9 Å². The number of ether oxygens (including phenoxy) is 4. The summed E-state index contributed by atoms with van der Waals surface area (Å²) in [5.74, 6) is -1.56. The first-order valence-corrected chi connectivity index (χ1v) is 9.15. The maximum absolute atomic E-state index is 12.6. The van der Waals surface area contributed by atoms with Crippen molar-refractivity contribution in [3.63, 3.8) is 0 Å². The molecular weight excluding hydrogens is 404 g/mol. The van der Waals surface area contributed by atoms with Gasteiger partial charge < -0.3 is 18.9 Å². The zero-order chi connectivity index (χ0) is 22.4. The van der Waals surface area contributed by atoms with Crippen molar-refractivity contribution >= 4 is 17.9 Å². The average Bonchev–Trinajstić information content (AvgIpc) is 3.23. The SMILES string of the molecule is COC(=O)COc1ccc(-c2nn(-c3ccccc3)c(C(=O)OC)c2C(=O)OC)cc1. The summed E-state index contributed by atoms with van der Waals surface area (Å²) in [6.07, 6.45) is 0. The van der Waals surface area contributed by atoms with Gasteiger partial charge in [-0.1, -0.05) is 18.2 Å². The molecule has 0 spiro atoms. The van der Waals surface area contributed by atoms with Gasteiger partial charge in [0.1, 0.15) is 17.0 Å². The summed E-state index contributed by atoms with van der Waals surface area (Å²) in [6.45, 7) is -0.238. The minimum atomic E-state index is -0.735. The molecule has 0 amide bonds. The van der Waals surface area contributed by atoms with Gasteiger partial charge in [-0.3, -0.25) is 0 Å². The molecule has 1 heterocycles. The van der Waals surface area contributed by atoms with E-state index in [1.807, 2.05) is 6.07 Å². The minimum absolute atomic E-state index is 0.0265. The molecule has 0 N–H and O–H groups in total. The monoisotopic (exact) mass is 424 g/mol. The minimum Gasteiger partial charge on any atom is -0.482 e. The van der Waals surface area contributed by atoms with E-state index >= 15 is 0 Å². The van der Waals surface area contributed by atoms with Crippen molar-refractivity contribution in [1.29, 1.82) is 0 Å². The van der Waals surface area contributed by atoms with Gasteiger partial charge in [-0.2, -0.15) is 5.10 Å². The normalized spacial score (nSPS) is 10.3. The number of carbonyl (C=O) groups excluding carboxylic acids is 3. The predicted octanol–water partition coefficient (Wildman–Crippen LogP) is 2.66. The van der Waals surface area contributed by atoms with E-state index < -0.39 is 17.9 Å². The van der Waals surface area contributed by atoms with E-state index in [1.54, 1.807) is 48.5 Å². The highest BCUT2D eigenvalue weighted by Crippen LogP contribution is 2.30. The molecule has 0 aliphatic heterocycles. The van der Waals surface area contributed by atoms with Crippen molar-refractivity contribution in [1.82, 2.24) is 9.78 Å². The molecule has 0 aliphatic carbocycles. The molecule has 2 aromatic carbocycles. The Kier molecular flexibility index (Phi) is 6.66. The lowest BCUT2D eigenvalue weighted by Crippen LogP contribution is -2.15. The van der Waals surface area contributed by atoms with Crippen LogP contribution in [0.5, 0.6) is 5.75 Å². The lowest BCUT2D eigenvalue weighted by Gasteiger charge is -2.07. The van der Waals surface area contributed by atoms with Gasteiger partial charge in [-0.05, 0) is 36.4 Å². The number of rotatable bonds is 7. The topological polar surface area (TPSA) is 106 Å². The van der Waals surface area contributed by atoms with E-state index in [1.165, 1.54) is 26.0 Å². The number of nitrogens with zero attached hydrogens (tertiary/aromatic N) is 2. The van der Waals surface area contributed by atoms with Crippen molar-refractivity contribution < 1.29 is 33.3 Å². The molecule has 9 nitrogen and oxygen atoms in total. The van der Waals surface area contributed by atoms with Crippen LogP contribution in [0.1, 0.15) is 20.8 Å². The van der Waals surface area contributed by atoms with Crippen LogP contribution in [-0.4, -0.2) is 55.6 Å². The number of methoxy groups -OCH3 is 3. The molecule has 0 bridgehead atoms. The lowest BCUT2D eigenvalue weighted by molar-refractivity contribution is -0.142. The molecule has 9 heteroatoms. The number of carbonyl (C=O) groups is 3. The van der Waals surface area contributed by atoms with E-state index in [0.717, 1.165) is 0 Å². The van der Waals surface area contributed by atoms with Gasteiger partial charge in [0, 0.05) is 5.56 Å². The number of para-hydroxylation sites is 1. The molecule has 0 unspecified atom stereocenters. The Balaban J connectivity index is 2.11. The Morgan fingerprint density at radius 1 is 0.839 bits per heavy atom. The fourth-order valence-electron chi connectivity index (χ4n) is 2.87. The van der Waals surface area contributed by atoms with Gasteiger partial charge in [0.25, 0.3) is 0 Å². The summed E-state index contributed by atoms with van der Waals surface area (Å²) in [7, 11) is 3.71. The summed E-state index contributed by atoms with van der Waals surface area (Å²) >= 11 is 0. The molecular formula is C22H20N2O7. The Hall–Kier alpha value is -4.14. The Bertz CT molecular complexity index is 1090. The maximum Gasteiger partial charge on any atom is 0.357 e. The van der Waals surface area contributed by atoms with E-state index in [4.69, 9.17) is 14.2 Å². The van der Waals surface area contributed by atoms with E-state index in [9.17, 15) is 14.4 Å². The molecule has 0 fully saturated rings. The summed E-state index contributed by atoms with van der Waals surface area (Å²) in [5.41, 5.74) is 1.25. The van der Waals surface area contributed by atoms with Gasteiger partial charge in [-0.25, -0.2) is 19.1 Å². The van der Waals surface area contributed by atoms with Crippen LogP contribution < -0.4 is 4.74 Å². The highest BCUT2D eigenvalue weighted by atomic mass is 16.6. The third-order valence-electron chi connectivity index (χ3n) is 4.37. The van der Waals surface area contributed by atoms with Crippen molar-refractivity contribution in [2.75, 3.05) is 27.9 Å². The number of esters is 3. The molecule has 3 rings (SSSR count). The van der Waals surface area contributed by atoms with Crippen molar-refractivity contribution in [2.24, 2.45) is 0 Å². The van der Waals surface area contributed by atoms with Crippen LogP contribution >= 0.6 is 0 Å². The Morgan fingerprint density at radius 3 is 2.06 bits per heavy atom. The van der Waals surface area contributed by atoms with E-state index in [0.29, 0.717) is 17.0 Å². The zero-order valence-electron chi connectivity index (χ0n) is 17.2. The third kappa shape index (κ3) is 4.55. The first kappa shape index (κ1) is 21.6. The van der Waals surface area contributed by atoms with Gasteiger partial charge in [-0.15, -0.1) is 0 Å². The van der Waals surface area contributed by atoms with Gasteiger partial charge in [0.15, 0.2) is 12.3 Å². The molecule has 31 heavy (non-hydrogen) atoms. The number of hydrogen-bond acceptors (Lipinski definition) is 8. The van der Waals surface area contributed by atoms with Gasteiger partial charge in [0.2, 0.25) is 0 Å². The second-order valence-corrected chi connectivity index (χ2v) is 6.19. The second-order valence-electron chi connectivity index (χ2n) is 6.19. The highest BCUT2D eigenvalue weighted by molar-refractivity contribution is 6.06. The van der Waals surface area contributed by atoms with Crippen LogP contribution in [0.25, 0.3) is 16.9 Å². The third-order valence-corrected chi connectivity index (χ3v) is 4.37. The predicted molar refractivity (Wildman–Crippen MR) is 109 cm³/mol. The first-order chi connectivity index (χ1) is 15.0. The van der Waals surface area contributed by atoms with Crippen LogP contribution in [-0.2, 0) is 19.0 Å². The van der Waals surface area contributed by atoms with E-state index in [2.05, 4.69) is 9.84 Å². The molecule has 1 aromatic heterocycles. The summed E-state index contributed by atoms with van der Waals surface area (Å²) in [6, 6.07) is 15.4. The van der Waals surface area contributed by atoms with Crippen LogP contribution in [0, 0.1) is 0 Å². The highest BCUT2D eigenvalue weighted by Gasteiger charge is 2.31. The molecule has 0 radical (unpaired) electrons. The zero-order valence-corrected chi connectivity index (χ0v) is 17.2. The molecule has 160 valence electrons. The fraction of sp³-hybridized carbons (Fsp3) is 0.182. The van der Waals surface area contributed by atoms with Crippen LogP contribution in [0.4, 0.5) is 0 Å². The summed E-state index contributed by atoms with van der Waals surface area (Å²) in [4.78, 5) is 36.4. The van der Waals surface area contributed by atoms with Gasteiger partial charge in [0.05, 0.1) is 27.0 Å². The molecule has 0 saturated heterocycles. The molecule has 0 saturated carbocycles. The van der Waals surface area contributed by atoms with Crippen LogP contribution in [0.2, 0.25) is 0 Å². The quantitative estimate of drug-likeness (QED) is 0.421. The smallest absolute Gasteiger partial charge is 0.357 e. The molecule has 0 aliphatic rings. The molecule has 3 aromatic rings. The number of hydrogen-bond donors (Lipinski definition) is 0. The fourth-order valence-corrected chi connectivity index (χ4v) is 2.87.